The van der Waals surface area contributed by atoms with Gasteiger partial charge in [0, 0.05) is 31.5 Å². The van der Waals surface area contributed by atoms with Crippen molar-refractivity contribution in [3.05, 3.63) is 18.2 Å². The highest BCUT2D eigenvalue weighted by Crippen LogP contribution is 2.21. The molecule has 2 saturated heterocycles. The number of aliphatic hydroxyl groups is 1. The van der Waals surface area contributed by atoms with Crippen LogP contribution in [0.2, 0.25) is 0 Å². The first-order valence-electron chi connectivity index (χ1n) is 7.95. The van der Waals surface area contributed by atoms with Crippen LogP contribution in [0.25, 0.3) is 0 Å². The van der Waals surface area contributed by atoms with Gasteiger partial charge in [-0.2, -0.15) is 0 Å². The molecular weight excluding hydrogens is 252 g/mol. The monoisotopic (exact) mass is 278 g/mol. The van der Waals surface area contributed by atoms with E-state index in [-0.39, 0.29) is 6.10 Å². The quantitative estimate of drug-likeness (QED) is 0.873. The molecule has 2 atom stereocenters. The molecule has 112 valence electrons. The summed E-state index contributed by atoms with van der Waals surface area (Å²) in [5.74, 6) is 0.991. The lowest BCUT2D eigenvalue weighted by atomic mass is 9.99. The molecule has 0 amide bonds. The molecule has 3 rings (SSSR count). The second-order valence-corrected chi connectivity index (χ2v) is 6.14. The van der Waals surface area contributed by atoms with Gasteiger partial charge >= 0.3 is 0 Å². The second-order valence-electron chi connectivity index (χ2n) is 6.14. The van der Waals surface area contributed by atoms with Crippen LogP contribution in [0.5, 0.6) is 0 Å². The summed E-state index contributed by atoms with van der Waals surface area (Å²) in [4.78, 5) is 12.2. The molecule has 5 nitrogen and oxygen atoms in total. The molecule has 0 saturated carbocycles. The Morgan fingerprint density at radius 2 is 2.00 bits per heavy atom. The van der Waals surface area contributed by atoms with E-state index < -0.39 is 0 Å². The summed E-state index contributed by atoms with van der Waals surface area (Å²) in [5, 5.41) is 10.5. The van der Waals surface area contributed by atoms with Crippen LogP contribution in [-0.4, -0.2) is 63.2 Å². The highest BCUT2D eigenvalue weighted by molar-refractivity contribution is 4.92. The lowest BCUT2D eigenvalue weighted by Crippen LogP contribution is -2.54. The van der Waals surface area contributed by atoms with Gasteiger partial charge in [-0.3, -0.25) is 9.80 Å². The minimum Gasteiger partial charge on any atom is -0.390 e. The number of likely N-dealkylation sites (tertiary alicyclic amines) is 2. The fraction of sp³-hybridized carbons (Fsp3) is 0.800. The van der Waals surface area contributed by atoms with Crippen molar-refractivity contribution in [1.29, 1.82) is 0 Å². The third-order valence-corrected chi connectivity index (χ3v) is 4.67. The van der Waals surface area contributed by atoms with E-state index in [1.54, 1.807) is 6.20 Å². The van der Waals surface area contributed by atoms with Crippen molar-refractivity contribution in [3.63, 3.8) is 0 Å². The van der Waals surface area contributed by atoms with E-state index >= 15 is 0 Å². The highest BCUT2D eigenvalue weighted by atomic mass is 16.3. The van der Waals surface area contributed by atoms with Crippen molar-refractivity contribution in [2.45, 2.75) is 50.8 Å². The Labute approximate surface area is 121 Å². The summed E-state index contributed by atoms with van der Waals surface area (Å²) >= 11 is 0. The van der Waals surface area contributed by atoms with E-state index in [9.17, 15) is 5.11 Å². The van der Waals surface area contributed by atoms with Gasteiger partial charge in [0.25, 0.3) is 0 Å². The van der Waals surface area contributed by atoms with E-state index in [0.29, 0.717) is 6.04 Å². The first kappa shape index (κ1) is 14.0. The summed E-state index contributed by atoms with van der Waals surface area (Å²) in [6, 6.07) is 0.362. The van der Waals surface area contributed by atoms with Crippen LogP contribution in [0.15, 0.2) is 12.4 Å². The zero-order chi connectivity index (χ0) is 13.8. The maximum absolute atomic E-state index is 10.5. The van der Waals surface area contributed by atoms with Gasteiger partial charge < -0.3 is 10.1 Å². The molecule has 20 heavy (non-hydrogen) atoms. The molecule has 1 aromatic rings. The second kappa shape index (κ2) is 6.70. The molecule has 2 aliphatic rings. The van der Waals surface area contributed by atoms with Gasteiger partial charge in [-0.15, -0.1) is 0 Å². The fourth-order valence-electron chi connectivity index (χ4n) is 3.58. The molecule has 0 radical (unpaired) electrons. The largest absolute Gasteiger partial charge is 0.390 e. The Hall–Kier alpha value is -0.910. The number of rotatable bonds is 3. The molecule has 1 aromatic heterocycles. The number of aromatic amines is 1. The molecule has 2 N–H and O–H groups in total. The number of aromatic nitrogens is 2. The summed E-state index contributed by atoms with van der Waals surface area (Å²) in [6.07, 6.45) is 9.77. The number of piperidine rings is 1. The van der Waals surface area contributed by atoms with Crippen LogP contribution >= 0.6 is 0 Å². The fourth-order valence-corrected chi connectivity index (χ4v) is 3.58. The van der Waals surface area contributed by atoms with Gasteiger partial charge in [-0.1, -0.05) is 12.8 Å². The molecule has 0 aliphatic carbocycles. The van der Waals surface area contributed by atoms with Gasteiger partial charge in [0.1, 0.15) is 5.82 Å². The number of imidazole rings is 1. The van der Waals surface area contributed by atoms with Crippen LogP contribution in [0.3, 0.4) is 0 Å². The number of H-pyrrole nitrogens is 1. The highest BCUT2D eigenvalue weighted by Gasteiger charge is 2.32. The Balaban J connectivity index is 1.53. The van der Waals surface area contributed by atoms with Crippen molar-refractivity contribution in [2.75, 3.05) is 26.2 Å². The van der Waals surface area contributed by atoms with Gasteiger partial charge in [0.2, 0.25) is 0 Å². The number of hydrogen-bond donors (Lipinski definition) is 2. The van der Waals surface area contributed by atoms with Crippen LogP contribution < -0.4 is 0 Å². The zero-order valence-electron chi connectivity index (χ0n) is 12.2. The summed E-state index contributed by atoms with van der Waals surface area (Å²) < 4.78 is 0. The van der Waals surface area contributed by atoms with Crippen LogP contribution in [0, 0.1) is 0 Å². The normalized spacial score (nSPS) is 30.2. The van der Waals surface area contributed by atoms with E-state index in [1.165, 1.54) is 38.8 Å². The number of aliphatic hydroxyl groups excluding tert-OH is 1. The number of hydrogen-bond acceptors (Lipinski definition) is 4. The maximum atomic E-state index is 10.5. The van der Waals surface area contributed by atoms with Crippen molar-refractivity contribution in [3.8, 4) is 0 Å². The van der Waals surface area contributed by atoms with Crippen molar-refractivity contribution in [1.82, 2.24) is 19.8 Å². The lowest BCUT2D eigenvalue weighted by molar-refractivity contribution is -0.0150. The molecule has 2 aliphatic heterocycles. The molecule has 0 unspecified atom stereocenters. The van der Waals surface area contributed by atoms with E-state index in [1.807, 2.05) is 6.20 Å². The Morgan fingerprint density at radius 1 is 1.20 bits per heavy atom. The SMILES string of the molecule is O[C@@H]1CN(Cc2ncc[nH]2)CC[C@H]1N1CCCCCC1. The van der Waals surface area contributed by atoms with E-state index in [2.05, 4.69) is 19.8 Å². The minimum absolute atomic E-state index is 0.225. The van der Waals surface area contributed by atoms with Crippen LogP contribution in [-0.2, 0) is 6.54 Å². The van der Waals surface area contributed by atoms with Crippen LogP contribution in [0.4, 0.5) is 0 Å². The first-order chi connectivity index (χ1) is 9.83. The van der Waals surface area contributed by atoms with Gasteiger partial charge in [-0.05, 0) is 32.4 Å². The topological polar surface area (TPSA) is 55.4 Å². The molecule has 0 spiro atoms. The molecular formula is C15H26N4O. The molecule has 5 heteroatoms. The van der Waals surface area contributed by atoms with Crippen molar-refractivity contribution >= 4 is 0 Å². The summed E-state index contributed by atoms with van der Waals surface area (Å²) in [6.45, 7) is 4.97. The molecule has 0 aromatic carbocycles. The van der Waals surface area contributed by atoms with Gasteiger partial charge in [0.05, 0.1) is 12.6 Å². The average Bonchev–Trinajstić information content (AvgIpc) is 2.80. The first-order valence-corrected chi connectivity index (χ1v) is 7.95. The van der Waals surface area contributed by atoms with Crippen LogP contribution in [0.1, 0.15) is 37.9 Å². The minimum atomic E-state index is -0.225. The molecule has 0 bridgehead atoms. The molecule has 3 heterocycles. The third-order valence-electron chi connectivity index (χ3n) is 4.67. The average molecular weight is 278 g/mol. The molecule has 2 fully saturated rings. The van der Waals surface area contributed by atoms with Crippen molar-refractivity contribution < 1.29 is 5.11 Å². The number of nitrogens with one attached hydrogen (secondary N) is 1. The van der Waals surface area contributed by atoms with Gasteiger partial charge in [-0.25, -0.2) is 4.98 Å². The predicted molar refractivity (Wildman–Crippen MR) is 78.3 cm³/mol. The zero-order valence-corrected chi connectivity index (χ0v) is 12.2. The van der Waals surface area contributed by atoms with Crippen molar-refractivity contribution in [2.24, 2.45) is 0 Å². The summed E-state index contributed by atoms with van der Waals surface area (Å²) in [5.41, 5.74) is 0. The standard InChI is InChI=1S/C15H26N4O/c20-14-11-18(12-15-16-6-7-17-15)10-5-13(14)19-8-3-1-2-4-9-19/h6-7,13-14,20H,1-5,8-12H2,(H,16,17)/t13-,14-/m1/s1. The Morgan fingerprint density at radius 3 is 2.65 bits per heavy atom. The number of β-amino-alcohol motifs (C(OH)–C–C–N with tert-alkyl or cyclic N) is 1. The summed E-state index contributed by atoms with van der Waals surface area (Å²) in [7, 11) is 0. The third kappa shape index (κ3) is 3.40. The predicted octanol–water partition coefficient (Wildman–Crippen LogP) is 1.22. The van der Waals surface area contributed by atoms with Gasteiger partial charge in [0.15, 0.2) is 0 Å². The lowest BCUT2D eigenvalue weighted by Gasteiger charge is -2.41. The Bertz CT molecular complexity index is 387. The maximum Gasteiger partial charge on any atom is 0.120 e. The number of nitrogens with zero attached hydrogens (tertiary/aromatic N) is 3. The van der Waals surface area contributed by atoms with E-state index in [0.717, 1.165) is 31.9 Å². The van der Waals surface area contributed by atoms with E-state index in [4.69, 9.17) is 0 Å². The Kier molecular flexibility index (Phi) is 4.70. The smallest absolute Gasteiger partial charge is 0.120 e.